The van der Waals surface area contributed by atoms with Gasteiger partial charge in [-0.3, -0.25) is 14.6 Å². The van der Waals surface area contributed by atoms with E-state index in [1.807, 2.05) is 4.90 Å². The molecule has 1 fully saturated rings. The number of morpholine rings is 1. The van der Waals surface area contributed by atoms with Crippen LogP contribution in [-0.2, 0) is 22.4 Å². The topological polar surface area (TPSA) is 45.7 Å². The van der Waals surface area contributed by atoms with Crippen molar-refractivity contribution < 1.29 is 9.53 Å². The van der Waals surface area contributed by atoms with Crippen LogP contribution in [0.3, 0.4) is 0 Å². The summed E-state index contributed by atoms with van der Waals surface area (Å²) in [6.45, 7) is 11.1. The number of aromatic nitrogens is 1. The SMILES string of the molecule is CCc1cccc2sc(N(CCN3CCOCC3)C(=O)Cc3ccc(C)cc3C)nc12. The number of thiazole rings is 1. The Balaban J connectivity index is 1.61. The molecule has 1 aromatic heterocycles. The Morgan fingerprint density at radius 2 is 1.97 bits per heavy atom. The van der Waals surface area contributed by atoms with Gasteiger partial charge in [-0.25, -0.2) is 4.98 Å². The number of amides is 1. The maximum atomic E-state index is 13.5. The molecule has 0 aliphatic carbocycles. The number of carbonyl (C=O) groups is 1. The first-order valence-electron chi connectivity index (χ1n) is 11.1. The molecule has 0 spiro atoms. The Bertz CT molecular complexity index is 1060. The van der Waals surface area contributed by atoms with Crippen LogP contribution in [0.15, 0.2) is 36.4 Å². The van der Waals surface area contributed by atoms with Gasteiger partial charge in [0.15, 0.2) is 5.13 Å². The number of ether oxygens (including phenoxy) is 1. The summed E-state index contributed by atoms with van der Waals surface area (Å²) in [6.07, 6.45) is 1.33. The number of anilines is 1. The van der Waals surface area contributed by atoms with E-state index >= 15 is 0 Å². The van der Waals surface area contributed by atoms with Gasteiger partial charge in [0.05, 0.1) is 29.9 Å². The minimum atomic E-state index is 0.109. The second-order valence-electron chi connectivity index (χ2n) is 8.22. The highest BCUT2D eigenvalue weighted by Gasteiger charge is 2.22. The van der Waals surface area contributed by atoms with E-state index in [1.54, 1.807) is 11.3 Å². The number of benzene rings is 2. The highest BCUT2D eigenvalue weighted by molar-refractivity contribution is 7.22. The van der Waals surface area contributed by atoms with E-state index in [4.69, 9.17) is 9.72 Å². The van der Waals surface area contributed by atoms with E-state index in [-0.39, 0.29) is 5.91 Å². The molecule has 0 bridgehead atoms. The van der Waals surface area contributed by atoms with Crippen molar-refractivity contribution in [2.24, 2.45) is 0 Å². The predicted octanol–water partition coefficient (Wildman–Crippen LogP) is 4.38. The minimum Gasteiger partial charge on any atom is -0.379 e. The number of fused-ring (bicyclic) bond motifs is 1. The molecule has 0 radical (unpaired) electrons. The van der Waals surface area contributed by atoms with Crippen LogP contribution < -0.4 is 4.90 Å². The van der Waals surface area contributed by atoms with E-state index in [1.165, 1.54) is 16.7 Å². The maximum absolute atomic E-state index is 13.5. The molecule has 1 aliphatic heterocycles. The lowest BCUT2D eigenvalue weighted by Gasteiger charge is -2.29. The van der Waals surface area contributed by atoms with Crippen molar-refractivity contribution >= 4 is 32.6 Å². The van der Waals surface area contributed by atoms with Gasteiger partial charge in [-0.1, -0.05) is 54.2 Å². The standard InChI is InChI=1S/C25H31N3O2S/c1-4-20-6-5-7-22-24(20)26-25(31-22)28(11-10-27-12-14-30-15-13-27)23(29)17-21-9-8-18(2)16-19(21)3/h5-9,16H,4,10-15,17H2,1-3H3. The molecule has 1 saturated heterocycles. The third-order valence-electron chi connectivity index (χ3n) is 5.99. The smallest absolute Gasteiger partial charge is 0.233 e. The molecular weight excluding hydrogens is 406 g/mol. The first kappa shape index (κ1) is 21.9. The third kappa shape index (κ3) is 5.14. The molecule has 1 amide bonds. The van der Waals surface area contributed by atoms with Crippen LogP contribution in [0.4, 0.5) is 5.13 Å². The molecular formula is C25H31N3O2S. The summed E-state index contributed by atoms with van der Waals surface area (Å²) in [6, 6.07) is 12.6. The van der Waals surface area contributed by atoms with Crippen molar-refractivity contribution in [2.75, 3.05) is 44.3 Å². The lowest BCUT2D eigenvalue weighted by Crippen LogP contribution is -2.43. The summed E-state index contributed by atoms with van der Waals surface area (Å²) in [4.78, 5) is 22.7. The van der Waals surface area contributed by atoms with E-state index in [0.717, 1.165) is 60.2 Å². The fourth-order valence-electron chi connectivity index (χ4n) is 4.09. The van der Waals surface area contributed by atoms with Crippen molar-refractivity contribution in [3.8, 4) is 0 Å². The number of carbonyl (C=O) groups excluding carboxylic acids is 1. The van der Waals surface area contributed by atoms with Gasteiger partial charge in [0.2, 0.25) is 5.91 Å². The Labute approximate surface area is 188 Å². The summed E-state index contributed by atoms with van der Waals surface area (Å²) in [5.41, 5.74) is 5.73. The summed E-state index contributed by atoms with van der Waals surface area (Å²) in [5.74, 6) is 0.109. The molecule has 0 N–H and O–H groups in total. The number of aryl methyl sites for hydroxylation is 3. The first-order valence-corrected chi connectivity index (χ1v) is 11.9. The van der Waals surface area contributed by atoms with Crippen LogP contribution in [0.1, 0.15) is 29.2 Å². The van der Waals surface area contributed by atoms with E-state index < -0.39 is 0 Å². The fourth-order valence-corrected chi connectivity index (χ4v) is 5.15. The molecule has 5 nitrogen and oxygen atoms in total. The maximum Gasteiger partial charge on any atom is 0.233 e. The zero-order chi connectivity index (χ0) is 21.8. The van der Waals surface area contributed by atoms with E-state index in [9.17, 15) is 4.79 Å². The normalized spacial score (nSPS) is 14.8. The van der Waals surface area contributed by atoms with Crippen molar-refractivity contribution in [2.45, 2.75) is 33.6 Å². The zero-order valence-electron chi connectivity index (χ0n) is 18.7. The van der Waals surface area contributed by atoms with Gasteiger partial charge in [-0.2, -0.15) is 0 Å². The zero-order valence-corrected chi connectivity index (χ0v) is 19.5. The quantitative estimate of drug-likeness (QED) is 0.550. The summed E-state index contributed by atoms with van der Waals surface area (Å²) < 4.78 is 6.62. The largest absolute Gasteiger partial charge is 0.379 e. The summed E-state index contributed by atoms with van der Waals surface area (Å²) in [5, 5.41) is 0.805. The number of hydrogen-bond acceptors (Lipinski definition) is 5. The van der Waals surface area contributed by atoms with Gasteiger partial charge >= 0.3 is 0 Å². The lowest BCUT2D eigenvalue weighted by atomic mass is 10.0. The van der Waals surface area contributed by atoms with Crippen LogP contribution in [0, 0.1) is 13.8 Å². The van der Waals surface area contributed by atoms with Crippen LogP contribution in [0.25, 0.3) is 10.2 Å². The molecule has 164 valence electrons. The third-order valence-corrected chi connectivity index (χ3v) is 7.03. The highest BCUT2D eigenvalue weighted by atomic mass is 32.1. The number of nitrogens with zero attached hydrogens (tertiary/aromatic N) is 3. The highest BCUT2D eigenvalue weighted by Crippen LogP contribution is 2.31. The first-order chi connectivity index (χ1) is 15.0. The molecule has 0 unspecified atom stereocenters. The number of para-hydroxylation sites is 1. The molecule has 2 aromatic carbocycles. The average molecular weight is 438 g/mol. The van der Waals surface area contributed by atoms with Crippen molar-refractivity contribution in [3.05, 3.63) is 58.7 Å². The molecule has 4 rings (SSSR count). The van der Waals surface area contributed by atoms with Gasteiger partial charge < -0.3 is 4.74 Å². The Morgan fingerprint density at radius 3 is 2.71 bits per heavy atom. The van der Waals surface area contributed by atoms with Gasteiger partial charge in [0.25, 0.3) is 0 Å². The molecule has 0 saturated carbocycles. The van der Waals surface area contributed by atoms with Gasteiger partial charge in [0, 0.05) is 26.2 Å². The molecule has 1 aliphatic rings. The van der Waals surface area contributed by atoms with Crippen LogP contribution in [0.5, 0.6) is 0 Å². The Kier molecular flexibility index (Phi) is 7.00. The van der Waals surface area contributed by atoms with Crippen molar-refractivity contribution in [1.29, 1.82) is 0 Å². The summed E-state index contributed by atoms with van der Waals surface area (Å²) in [7, 11) is 0. The van der Waals surface area contributed by atoms with E-state index in [0.29, 0.717) is 13.0 Å². The predicted molar refractivity (Wildman–Crippen MR) is 128 cm³/mol. The fraction of sp³-hybridized carbons (Fsp3) is 0.440. The van der Waals surface area contributed by atoms with Gasteiger partial charge in [0.1, 0.15) is 0 Å². The second-order valence-corrected chi connectivity index (χ2v) is 9.23. The van der Waals surface area contributed by atoms with Crippen LogP contribution in [-0.4, -0.2) is 55.2 Å². The van der Waals surface area contributed by atoms with Gasteiger partial charge in [-0.05, 0) is 43.0 Å². The molecule has 6 heteroatoms. The molecule has 2 heterocycles. The molecule has 3 aromatic rings. The van der Waals surface area contributed by atoms with E-state index in [2.05, 4.69) is 62.1 Å². The molecule has 0 atom stereocenters. The Hall–Kier alpha value is -2.28. The Morgan fingerprint density at radius 1 is 1.16 bits per heavy atom. The monoisotopic (exact) mass is 437 g/mol. The van der Waals surface area contributed by atoms with Gasteiger partial charge in [-0.15, -0.1) is 0 Å². The summed E-state index contributed by atoms with van der Waals surface area (Å²) >= 11 is 1.62. The minimum absolute atomic E-state index is 0.109. The average Bonchev–Trinajstić information content (AvgIpc) is 3.20. The lowest BCUT2D eigenvalue weighted by molar-refractivity contribution is -0.118. The second kappa shape index (κ2) is 9.90. The van der Waals surface area contributed by atoms with Crippen molar-refractivity contribution in [3.63, 3.8) is 0 Å². The van der Waals surface area contributed by atoms with Crippen LogP contribution >= 0.6 is 11.3 Å². The van der Waals surface area contributed by atoms with Crippen molar-refractivity contribution in [1.82, 2.24) is 9.88 Å². The molecule has 31 heavy (non-hydrogen) atoms. The number of hydrogen-bond donors (Lipinski definition) is 0. The van der Waals surface area contributed by atoms with Crippen LogP contribution in [0.2, 0.25) is 0 Å². The number of rotatable bonds is 7.